The Morgan fingerprint density at radius 2 is 2.08 bits per heavy atom. The zero-order chi connectivity index (χ0) is 16.8. The fourth-order valence-electron chi connectivity index (χ4n) is 2.18. The SMILES string of the molecule is CCn1c(SC[C@H](O)COCc2cccs2)nnc1-c1cccs1. The predicted octanol–water partition coefficient (Wildman–Crippen LogP) is 3.76. The van der Waals surface area contributed by atoms with E-state index in [1.54, 1.807) is 22.7 Å². The van der Waals surface area contributed by atoms with Crippen molar-refractivity contribution in [3.8, 4) is 10.7 Å². The van der Waals surface area contributed by atoms with E-state index in [0.29, 0.717) is 19.0 Å². The molecule has 0 spiro atoms. The first kappa shape index (κ1) is 17.6. The molecular formula is C16H19N3O2S3. The maximum atomic E-state index is 10.1. The Morgan fingerprint density at radius 1 is 1.25 bits per heavy atom. The van der Waals surface area contributed by atoms with Gasteiger partial charge in [0.05, 0.1) is 24.2 Å². The van der Waals surface area contributed by atoms with Crippen LogP contribution in [0.25, 0.3) is 10.7 Å². The monoisotopic (exact) mass is 381 g/mol. The maximum absolute atomic E-state index is 10.1. The summed E-state index contributed by atoms with van der Waals surface area (Å²) in [6, 6.07) is 8.08. The lowest BCUT2D eigenvalue weighted by atomic mass is 10.4. The molecule has 3 rings (SSSR count). The van der Waals surface area contributed by atoms with Crippen LogP contribution in [-0.4, -0.2) is 38.3 Å². The van der Waals surface area contributed by atoms with E-state index < -0.39 is 6.10 Å². The quantitative estimate of drug-likeness (QED) is 0.572. The molecular weight excluding hydrogens is 362 g/mol. The summed E-state index contributed by atoms with van der Waals surface area (Å²) in [6.07, 6.45) is -0.526. The van der Waals surface area contributed by atoms with Crippen LogP contribution in [0.4, 0.5) is 0 Å². The molecule has 0 unspecified atom stereocenters. The van der Waals surface area contributed by atoms with Gasteiger partial charge in [0.15, 0.2) is 11.0 Å². The lowest BCUT2D eigenvalue weighted by Gasteiger charge is -2.11. The van der Waals surface area contributed by atoms with Crippen LogP contribution in [0.15, 0.2) is 40.2 Å². The second-order valence-corrected chi connectivity index (χ2v) is 8.05. The van der Waals surface area contributed by atoms with Crippen LogP contribution in [0.2, 0.25) is 0 Å². The van der Waals surface area contributed by atoms with E-state index in [1.165, 1.54) is 16.6 Å². The topological polar surface area (TPSA) is 60.2 Å². The molecule has 0 bridgehead atoms. The first-order valence-electron chi connectivity index (χ1n) is 7.66. The molecule has 0 aliphatic heterocycles. The molecule has 0 aliphatic rings. The first-order chi connectivity index (χ1) is 11.8. The number of aliphatic hydroxyl groups is 1. The Labute approximate surface area is 153 Å². The number of aromatic nitrogens is 3. The number of aliphatic hydroxyl groups excluding tert-OH is 1. The van der Waals surface area contributed by atoms with E-state index in [4.69, 9.17) is 4.74 Å². The highest BCUT2D eigenvalue weighted by atomic mass is 32.2. The molecule has 1 N–H and O–H groups in total. The Hall–Kier alpha value is -1.19. The van der Waals surface area contributed by atoms with E-state index in [9.17, 15) is 5.11 Å². The van der Waals surface area contributed by atoms with Crippen LogP contribution < -0.4 is 0 Å². The third-order valence-electron chi connectivity index (χ3n) is 3.31. The molecule has 3 heterocycles. The molecule has 128 valence electrons. The summed E-state index contributed by atoms with van der Waals surface area (Å²) in [5.41, 5.74) is 0. The van der Waals surface area contributed by atoms with Crippen LogP contribution in [0.3, 0.4) is 0 Å². The molecule has 3 aromatic rings. The number of thiophene rings is 2. The molecule has 0 amide bonds. The van der Waals surface area contributed by atoms with Gasteiger partial charge >= 0.3 is 0 Å². The molecule has 1 atom stereocenters. The number of thioether (sulfide) groups is 1. The van der Waals surface area contributed by atoms with Crippen molar-refractivity contribution in [3.05, 3.63) is 39.9 Å². The minimum atomic E-state index is -0.526. The molecule has 0 fully saturated rings. The number of nitrogens with zero attached hydrogens (tertiary/aromatic N) is 3. The normalized spacial score (nSPS) is 12.6. The molecule has 0 aromatic carbocycles. The van der Waals surface area contributed by atoms with Crippen molar-refractivity contribution >= 4 is 34.4 Å². The van der Waals surface area contributed by atoms with Gasteiger partial charge in [0, 0.05) is 17.2 Å². The molecule has 0 saturated carbocycles. The minimum absolute atomic E-state index is 0.322. The van der Waals surface area contributed by atoms with E-state index in [-0.39, 0.29) is 0 Å². The highest BCUT2D eigenvalue weighted by molar-refractivity contribution is 7.99. The van der Waals surface area contributed by atoms with Gasteiger partial charge in [0.2, 0.25) is 0 Å². The molecule has 3 aromatic heterocycles. The fourth-order valence-corrected chi connectivity index (χ4v) is 4.44. The molecule has 0 saturated heterocycles. The zero-order valence-corrected chi connectivity index (χ0v) is 15.7. The summed E-state index contributed by atoms with van der Waals surface area (Å²) in [6.45, 7) is 3.74. The smallest absolute Gasteiger partial charge is 0.191 e. The van der Waals surface area contributed by atoms with Crippen LogP contribution >= 0.6 is 34.4 Å². The Balaban J connectivity index is 1.51. The predicted molar refractivity (Wildman–Crippen MR) is 99.7 cm³/mol. The summed E-state index contributed by atoms with van der Waals surface area (Å²) < 4.78 is 7.63. The fraction of sp³-hybridized carbons (Fsp3) is 0.375. The van der Waals surface area contributed by atoms with Crippen LogP contribution in [0, 0.1) is 0 Å². The Kier molecular flexibility index (Phi) is 6.44. The number of rotatable bonds is 9. The van der Waals surface area contributed by atoms with Gasteiger partial charge < -0.3 is 14.4 Å². The van der Waals surface area contributed by atoms with E-state index in [1.807, 2.05) is 35.0 Å². The van der Waals surface area contributed by atoms with Crippen molar-refractivity contribution in [1.82, 2.24) is 14.8 Å². The van der Waals surface area contributed by atoms with Gasteiger partial charge in [-0.2, -0.15) is 0 Å². The second-order valence-electron chi connectivity index (χ2n) is 5.09. The lowest BCUT2D eigenvalue weighted by molar-refractivity contribution is 0.0408. The first-order valence-corrected chi connectivity index (χ1v) is 10.4. The van der Waals surface area contributed by atoms with Gasteiger partial charge in [-0.25, -0.2) is 0 Å². The van der Waals surface area contributed by atoms with Crippen molar-refractivity contribution < 1.29 is 9.84 Å². The summed E-state index contributed by atoms with van der Waals surface area (Å²) >= 11 is 4.82. The van der Waals surface area contributed by atoms with Crippen molar-refractivity contribution in [2.45, 2.75) is 31.3 Å². The zero-order valence-electron chi connectivity index (χ0n) is 13.3. The minimum Gasteiger partial charge on any atom is -0.390 e. The summed E-state index contributed by atoms with van der Waals surface area (Å²) in [4.78, 5) is 2.28. The summed E-state index contributed by atoms with van der Waals surface area (Å²) in [5, 5.41) is 23.5. The molecule has 24 heavy (non-hydrogen) atoms. The summed E-state index contributed by atoms with van der Waals surface area (Å²) in [7, 11) is 0. The van der Waals surface area contributed by atoms with E-state index in [0.717, 1.165) is 22.4 Å². The number of hydrogen-bond donors (Lipinski definition) is 1. The number of hydrogen-bond acceptors (Lipinski definition) is 7. The van der Waals surface area contributed by atoms with Gasteiger partial charge in [-0.05, 0) is 29.8 Å². The van der Waals surface area contributed by atoms with Gasteiger partial charge in [0.1, 0.15) is 0 Å². The van der Waals surface area contributed by atoms with Crippen molar-refractivity contribution in [1.29, 1.82) is 0 Å². The average Bonchev–Trinajstić information content (AvgIpc) is 3.32. The van der Waals surface area contributed by atoms with E-state index >= 15 is 0 Å². The highest BCUT2D eigenvalue weighted by Gasteiger charge is 2.15. The third-order valence-corrected chi connectivity index (χ3v) is 6.14. The van der Waals surface area contributed by atoms with Crippen molar-refractivity contribution in [3.63, 3.8) is 0 Å². The molecule has 5 nitrogen and oxygen atoms in total. The van der Waals surface area contributed by atoms with Crippen molar-refractivity contribution in [2.24, 2.45) is 0 Å². The Bertz CT molecular complexity index is 726. The van der Waals surface area contributed by atoms with Gasteiger partial charge in [0.25, 0.3) is 0 Å². The molecule has 8 heteroatoms. The van der Waals surface area contributed by atoms with Crippen LogP contribution in [0.5, 0.6) is 0 Å². The molecule has 0 aliphatic carbocycles. The standard InChI is InChI=1S/C16H19N3O2S3/c1-2-19-15(14-6-4-8-23-14)17-18-16(19)24-11-12(20)9-21-10-13-5-3-7-22-13/h3-8,12,20H,2,9-11H2,1H3/t12-/m1/s1. The van der Waals surface area contributed by atoms with Crippen molar-refractivity contribution in [2.75, 3.05) is 12.4 Å². The van der Waals surface area contributed by atoms with Gasteiger partial charge in [-0.3, -0.25) is 0 Å². The molecule has 0 radical (unpaired) electrons. The van der Waals surface area contributed by atoms with Gasteiger partial charge in [-0.15, -0.1) is 32.9 Å². The maximum Gasteiger partial charge on any atom is 0.191 e. The van der Waals surface area contributed by atoms with E-state index in [2.05, 4.69) is 21.7 Å². The lowest BCUT2D eigenvalue weighted by Crippen LogP contribution is -2.18. The Morgan fingerprint density at radius 3 is 2.79 bits per heavy atom. The highest BCUT2D eigenvalue weighted by Crippen LogP contribution is 2.27. The largest absolute Gasteiger partial charge is 0.390 e. The van der Waals surface area contributed by atoms with Gasteiger partial charge in [-0.1, -0.05) is 23.9 Å². The summed E-state index contributed by atoms with van der Waals surface area (Å²) in [5.74, 6) is 1.42. The number of ether oxygens (including phenoxy) is 1. The second kappa shape index (κ2) is 8.77. The third kappa shape index (κ3) is 4.46. The average molecular weight is 382 g/mol. The van der Waals surface area contributed by atoms with Crippen LogP contribution in [-0.2, 0) is 17.9 Å². The van der Waals surface area contributed by atoms with Crippen LogP contribution in [0.1, 0.15) is 11.8 Å².